The van der Waals surface area contributed by atoms with Crippen LogP contribution in [-0.4, -0.2) is 35.7 Å². The van der Waals surface area contributed by atoms with Gasteiger partial charge >= 0.3 is 12.0 Å². The summed E-state index contributed by atoms with van der Waals surface area (Å²) in [4.78, 5) is 21.8. The fourth-order valence-corrected chi connectivity index (χ4v) is 1.59. The minimum atomic E-state index is -0.990. The maximum Gasteiger partial charge on any atom is 0.328 e. The standard InChI is InChI=1S/C13H16N2O3S/c1-19-9-8-14-13(18)15-11-5-2-10(3-6-11)4-7-12(16)17/h2-7H,8-9H2,1H3,(H,16,17)(H2,14,15,18). The van der Waals surface area contributed by atoms with E-state index in [1.807, 2.05) is 6.26 Å². The second kappa shape index (κ2) is 8.20. The summed E-state index contributed by atoms with van der Waals surface area (Å²) < 4.78 is 0. The van der Waals surface area contributed by atoms with Crippen molar-refractivity contribution in [1.82, 2.24) is 5.32 Å². The Labute approximate surface area is 116 Å². The second-order valence-electron chi connectivity index (χ2n) is 3.67. The molecule has 19 heavy (non-hydrogen) atoms. The molecule has 1 rings (SSSR count). The molecule has 3 N–H and O–H groups in total. The molecule has 5 nitrogen and oxygen atoms in total. The molecule has 0 spiro atoms. The van der Waals surface area contributed by atoms with E-state index in [0.29, 0.717) is 12.2 Å². The molecule has 0 aliphatic rings. The third kappa shape index (κ3) is 6.52. The topological polar surface area (TPSA) is 78.4 Å². The van der Waals surface area contributed by atoms with Crippen molar-refractivity contribution < 1.29 is 14.7 Å². The predicted molar refractivity (Wildman–Crippen MR) is 78.5 cm³/mol. The van der Waals surface area contributed by atoms with Gasteiger partial charge in [0.25, 0.3) is 0 Å². The van der Waals surface area contributed by atoms with E-state index >= 15 is 0 Å². The predicted octanol–water partition coefficient (Wildman–Crippen LogP) is 2.27. The molecule has 0 aliphatic heterocycles. The van der Waals surface area contributed by atoms with Crippen LogP contribution >= 0.6 is 11.8 Å². The van der Waals surface area contributed by atoms with Crippen molar-refractivity contribution in [1.29, 1.82) is 0 Å². The first kappa shape index (κ1) is 15.1. The minimum Gasteiger partial charge on any atom is -0.478 e. The maximum atomic E-state index is 11.5. The number of carbonyl (C=O) groups is 2. The molecule has 0 aliphatic carbocycles. The van der Waals surface area contributed by atoms with Gasteiger partial charge in [0.05, 0.1) is 0 Å². The monoisotopic (exact) mass is 280 g/mol. The van der Waals surface area contributed by atoms with Crippen LogP contribution in [0.1, 0.15) is 5.56 Å². The summed E-state index contributed by atoms with van der Waals surface area (Å²) in [6, 6.07) is 6.65. The number of amides is 2. The van der Waals surface area contributed by atoms with Gasteiger partial charge in [-0.25, -0.2) is 9.59 Å². The Hall–Kier alpha value is -1.95. The van der Waals surface area contributed by atoms with Crippen molar-refractivity contribution in [3.8, 4) is 0 Å². The number of aliphatic carboxylic acids is 1. The number of anilines is 1. The molecule has 0 unspecified atom stereocenters. The lowest BCUT2D eigenvalue weighted by Gasteiger charge is -2.07. The Balaban J connectivity index is 2.47. The number of carboxylic acid groups (broad SMARTS) is 1. The van der Waals surface area contributed by atoms with Crippen LogP contribution in [0.4, 0.5) is 10.5 Å². The average Bonchev–Trinajstić information content (AvgIpc) is 2.38. The van der Waals surface area contributed by atoms with Crippen LogP contribution in [0.15, 0.2) is 30.3 Å². The zero-order chi connectivity index (χ0) is 14.1. The van der Waals surface area contributed by atoms with Gasteiger partial charge in [0.1, 0.15) is 0 Å². The Morgan fingerprint density at radius 1 is 1.32 bits per heavy atom. The molecule has 1 aromatic rings. The van der Waals surface area contributed by atoms with E-state index in [2.05, 4.69) is 10.6 Å². The molecule has 102 valence electrons. The molecule has 0 bridgehead atoms. The number of hydrogen-bond acceptors (Lipinski definition) is 3. The molecular weight excluding hydrogens is 264 g/mol. The van der Waals surface area contributed by atoms with E-state index in [9.17, 15) is 9.59 Å². The van der Waals surface area contributed by atoms with Crippen LogP contribution in [0.5, 0.6) is 0 Å². The second-order valence-corrected chi connectivity index (χ2v) is 4.65. The van der Waals surface area contributed by atoms with Crippen molar-refractivity contribution in [2.24, 2.45) is 0 Å². The maximum absolute atomic E-state index is 11.5. The highest BCUT2D eigenvalue weighted by Crippen LogP contribution is 2.10. The Bertz CT molecular complexity index is 457. The van der Waals surface area contributed by atoms with Crippen molar-refractivity contribution in [3.05, 3.63) is 35.9 Å². The van der Waals surface area contributed by atoms with Gasteiger partial charge in [0, 0.05) is 24.1 Å². The van der Waals surface area contributed by atoms with E-state index in [4.69, 9.17) is 5.11 Å². The van der Waals surface area contributed by atoms with E-state index < -0.39 is 5.97 Å². The molecule has 0 saturated heterocycles. The van der Waals surface area contributed by atoms with E-state index in [1.165, 1.54) is 6.08 Å². The molecule has 0 saturated carbocycles. The highest BCUT2D eigenvalue weighted by atomic mass is 32.2. The van der Waals surface area contributed by atoms with Gasteiger partial charge in [0.15, 0.2) is 0 Å². The van der Waals surface area contributed by atoms with Crippen LogP contribution in [0.3, 0.4) is 0 Å². The molecule has 0 fully saturated rings. The number of hydrogen-bond donors (Lipinski definition) is 3. The smallest absolute Gasteiger partial charge is 0.328 e. The number of rotatable bonds is 6. The average molecular weight is 280 g/mol. The van der Waals surface area contributed by atoms with Gasteiger partial charge in [-0.2, -0.15) is 11.8 Å². The first-order chi connectivity index (χ1) is 9.11. The van der Waals surface area contributed by atoms with Gasteiger partial charge in [-0.15, -0.1) is 0 Å². The lowest BCUT2D eigenvalue weighted by atomic mass is 10.2. The Kier molecular flexibility index (Phi) is 6.52. The number of benzene rings is 1. The highest BCUT2D eigenvalue weighted by molar-refractivity contribution is 7.98. The fourth-order valence-electron chi connectivity index (χ4n) is 1.29. The third-order valence-corrected chi connectivity index (χ3v) is 2.79. The van der Waals surface area contributed by atoms with Gasteiger partial charge in [0.2, 0.25) is 0 Å². The van der Waals surface area contributed by atoms with Crippen molar-refractivity contribution >= 4 is 35.5 Å². The quantitative estimate of drug-likeness (QED) is 0.552. The lowest BCUT2D eigenvalue weighted by molar-refractivity contribution is -0.131. The summed E-state index contributed by atoms with van der Waals surface area (Å²) in [6.07, 6.45) is 4.53. The Morgan fingerprint density at radius 3 is 2.58 bits per heavy atom. The van der Waals surface area contributed by atoms with Crippen LogP contribution in [0.2, 0.25) is 0 Å². The zero-order valence-electron chi connectivity index (χ0n) is 10.6. The molecule has 0 radical (unpaired) electrons. The molecule has 1 aromatic carbocycles. The van der Waals surface area contributed by atoms with E-state index in [0.717, 1.165) is 17.4 Å². The fraction of sp³-hybridized carbons (Fsp3) is 0.231. The molecule has 2 amide bonds. The highest BCUT2D eigenvalue weighted by Gasteiger charge is 2.00. The number of carbonyl (C=O) groups excluding carboxylic acids is 1. The summed E-state index contributed by atoms with van der Waals surface area (Å²) in [5.41, 5.74) is 1.42. The summed E-state index contributed by atoms with van der Waals surface area (Å²) >= 11 is 1.66. The van der Waals surface area contributed by atoms with Crippen molar-refractivity contribution in [3.63, 3.8) is 0 Å². The number of urea groups is 1. The number of nitrogens with one attached hydrogen (secondary N) is 2. The lowest BCUT2D eigenvalue weighted by Crippen LogP contribution is -2.30. The van der Waals surface area contributed by atoms with Gasteiger partial charge < -0.3 is 15.7 Å². The first-order valence-electron chi connectivity index (χ1n) is 5.66. The molecule has 0 heterocycles. The van der Waals surface area contributed by atoms with Crippen LogP contribution in [-0.2, 0) is 4.79 Å². The van der Waals surface area contributed by atoms with Crippen LogP contribution < -0.4 is 10.6 Å². The SMILES string of the molecule is CSCCNC(=O)Nc1ccc(C=CC(=O)O)cc1. The van der Waals surface area contributed by atoms with E-state index in [-0.39, 0.29) is 6.03 Å². The molecular formula is C13H16N2O3S. The largest absolute Gasteiger partial charge is 0.478 e. The molecule has 0 atom stereocenters. The number of thioether (sulfide) groups is 1. The van der Waals surface area contributed by atoms with Gasteiger partial charge in [-0.1, -0.05) is 12.1 Å². The van der Waals surface area contributed by atoms with E-state index in [1.54, 1.807) is 36.0 Å². The number of carboxylic acids is 1. The minimum absolute atomic E-state index is 0.247. The van der Waals surface area contributed by atoms with Gasteiger partial charge in [-0.3, -0.25) is 0 Å². The summed E-state index contributed by atoms with van der Waals surface area (Å²) in [5, 5.41) is 13.9. The normalized spacial score (nSPS) is 10.4. The zero-order valence-corrected chi connectivity index (χ0v) is 11.4. The third-order valence-electron chi connectivity index (χ3n) is 2.18. The first-order valence-corrected chi connectivity index (χ1v) is 7.06. The summed E-state index contributed by atoms with van der Waals surface area (Å²) in [6.45, 7) is 0.617. The molecule has 0 aromatic heterocycles. The molecule has 6 heteroatoms. The van der Waals surface area contributed by atoms with Crippen molar-refractivity contribution in [2.45, 2.75) is 0 Å². The Morgan fingerprint density at radius 2 is 2.00 bits per heavy atom. The van der Waals surface area contributed by atoms with Crippen LogP contribution in [0, 0.1) is 0 Å². The van der Waals surface area contributed by atoms with Crippen LogP contribution in [0.25, 0.3) is 6.08 Å². The summed E-state index contributed by atoms with van der Waals surface area (Å²) in [7, 11) is 0. The van der Waals surface area contributed by atoms with Crippen molar-refractivity contribution in [2.75, 3.05) is 23.9 Å². The summed E-state index contributed by atoms with van der Waals surface area (Å²) in [5.74, 6) is -0.123. The van der Waals surface area contributed by atoms with Gasteiger partial charge in [-0.05, 0) is 30.0 Å².